The van der Waals surface area contributed by atoms with E-state index in [9.17, 15) is 9.50 Å². The Labute approximate surface area is 124 Å². The highest BCUT2D eigenvalue weighted by molar-refractivity contribution is 5.39. The van der Waals surface area contributed by atoms with Gasteiger partial charge in [0.25, 0.3) is 0 Å². The molecule has 0 aliphatic carbocycles. The topological polar surface area (TPSA) is 29.5 Å². The first-order valence-corrected chi connectivity index (χ1v) is 7.28. The Morgan fingerprint density at radius 1 is 1.14 bits per heavy atom. The first-order chi connectivity index (χ1) is 10.0. The minimum Gasteiger partial charge on any atom is -0.485 e. The summed E-state index contributed by atoms with van der Waals surface area (Å²) < 4.78 is 19.2. The number of fused-ring (bicyclic) bond motifs is 1. The van der Waals surface area contributed by atoms with Crippen molar-refractivity contribution in [3.8, 4) is 5.75 Å². The highest BCUT2D eigenvalue weighted by atomic mass is 19.1. The van der Waals surface area contributed by atoms with Gasteiger partial charge in [0.05, 0.1) is 6.10 Å². The number of hydrogen-bond acceptors (Lipinski definition) is 2. The highest BCUT2D eigenvalue weighted by Crippen LogP contribution is 2.41. The van der Waals surface area contributed by atoms with E-state index in [2.05, 4.69) is 26.0 Å². The molecule has 0 amide bonds. The molecule has 110 valence electrons. The number of ether oxygens (including phenoxy) is 1. The molecule has 2 atom stereocenters. The van der Waals surface area contributed by atoms with E-state index in [0.717, 1.165) is 5.56 Å². The van der Waals surface area contributed by atoms with Gasteiger partial charge in [0.1, 0.15) is 17.7 Å². The lowest BCUT2D eigenvalue weighted by atomic mass is 9.93. The minimum absolute atomic E-state index is 0.195. The molecule has 0 spiro atoms. The van der Waals surface area contributed by atoms with Crippen molar-refractivity contribution >= 4 is 0 Å². The van der Waals surface area contributed by atoms with Crippen LogP contribution < -0.4 is 4.74 Å². The van der Waals surface area contributed by atoms with Crippen LogP contribution in [-0.2, 0) is 0 Å². The second-order valence-electron chi connectivity index (χ2n) is 5.86. The van der Waals surface area contributed by atoms with Gasteiger partial charge in [-0.15, -0.1) is 0 Å². The normalized spacial score (nSPS) is 21.0. The number of aliphatic hydroxyl groups is 1. The predicted octanol–water partition coefficient (Wildman–Crippen LogP) is 4.51. The van der Waals surface area contributed by atoms with E-state index in [1.54, 1.807) is 6.07 Å². The Bertz CT molecular complexity index is 634. The van der Waals surface area contributed by atoms with E-state index in [1.165, 1.54) is 17.7 Å². The van der Waals surface area contributed by atoms with E-state index in [0.29, 0.717) is 23.7 Å². The van der Waals surface area contributed by atoms with Crippen LogP contribution in [0.2, 0.25) is 0 Å². The van der Waals surface area contributed by atoms with Gasteiger partial charge in [0.2, 0.25) is 0 Å². The first kappa shape index (κ1) is 14.1. The Balaban J connectivity index is 1.86. The van der Waals surface area contributed by atoms with Crippen molar-refractivity contribution in [3.63, 3.8) is 0 Å². The molecule has 1 aliphatic rings. The quantitative estimate of drug-likeness (QED) is 0.880. The zero-order chi connectivity index (χ0) is 15.0. The molecule has 0 saturated heterocycles. The molecule has 2 nitrogen and oxygen atoms in total. The molecule has 3 heteroatoms. The zero-order valence-electron chi connectivity index (χ0n) is 12.2. The highest BCUT2D eigenvalue weighted by Gasteiger charge is 2.28. The first-order valence-electron chi connectivity index (χ1n) is 7.28. The molecule has 21 heavy (non-hydrogen) atoms. The van der Waals surface area contributed by atoms with E-state index >= 15 is 0 Å². The molecule has 0 aromatic heterocycles. The number of aliphatic hydroxyl groups excluding tert-OH is 1. The van der Waals surface area contributed by atoms with E-state index in [-0.39, 0.29) is 11.9 Å². The molecule has 1 heterocycles. The molecule has 0 radical (unpaired) electrons. The van der Waals surface area contributed by atoms with Crippen molar-refractivity contribution in [2.45, 2.75) is 38.4 Å². The molecule has 2 unspecified atom stereocenters. The van der Waals surface area contributed by atoms with Crippen molar-refractivity contribution < 1.29 is 14.2 Å². The average Bonchev–Trinajstić information content (AvgIpc) is 2.48. The van der Waals surface area contributed by atoms with Crippen LogP contribution in [0.3, 0.4) is 0 Å². The molecule has 0 fully saturated rings. The maximum atomic E-state index is 13.2. The fourth-order valence-corrected chi connectivity index (χ4v) is 2.72. The SMILES string of the molecule is CC(C)c1ccc(C2CC(O)c3cc(F)ccc3O2)cc1. The standard InChI is InChI=1S/C18H19FO2/c1-11(2)12-3-5-13(6-4-12)18-10-16(20)15-9-14(19)7-8-17(15)21-18/h3-9,11,16,18,20H,10H2,1-2H3. The van der Waals surface area contributed by atoms with Gasteiger partial charge in [-0.3, -0.25) is 0 Å². The van der Waals surface area contributed by atoms with Gasteiger partial charge in [-0.1, -0.05) is 38.1 Å². The number of benzene rings is 2. The molecule has 0 bridgehead atoms. The van der Waals surface area contributed by atoms with Gasteiger partial charge >= 0.3 is 0 Å². The van der Waals surface area contributed by atoms with Crippen LogP contribution in [0, 0.1) is 5.82 Å². The molecular weight excluding hydrogens is 267 g/mol. The predicted molar refractivity (Wildman–Crippen MR) is 79.9 cm³/mol. The van der Waals surface area contributed by atoms with Crippen LogP contribution in [0.1, 0.15) is 55.1 Å². The van der Waals surface area contributed by atoms with Crippen molar-refractivity contribution in [2.24, 2.45) is 0 Å². The summed E-state index contributed by atoms with van der Waals surface area (Å²) in [5.41, 5.74) is 2.84. The Hall–Kier alpha value is -1.87. The molecular formula is C18H19FO2. The van der Waals surface area contributed by atoms with Gasteiger partial charge in [-0.25, -0.2) is 4.39 Å². The Morgan fingerprint density at radius 3 is 2.52 bits per heavy atom. The van der Waals surface area contributed by atoms with Crippen LogP contribution in [0.15, 0.2) is 42.5 Å². The zero-order valence-corrected chi connectivity index (χ0v) is 12.2. The van der Waals surface area contributed by atoms with Gasteiger partial charge in [0, 0.05) is 12.0 Å². The average molecular weight is 286 g/mol. The molecule has 2 aromatic rings. The lowest BCUT2D eigenvalue weighted by Crippen LogP contribution is -2.19. The van der Waals surface area contributed by atoms with Crippen LogP contribution in [0.4, 0.5) is 4.39 Å². The van der Waals surface area contributed by atoms with Crippen LogP contribution in [0.5, 0.6) is 5.75 Å². The van der Waals surface area contributed by atoms with Gasteiger partial charge in [-0.2, -0.15) is 0 Å². The second-order valence-corrected chi connectivity index (χ2v) is 5.86. The van der Waals surface area contributed by atoms with Crippen molar-refractivity contribution in [2.75, 3.05) is 0 Å². The summed E-state index contributed by atoms with van der Waals surface area (Å²) in [5, 5.41) is 10.2. The summed E-state index contributed by atoms with van der Waals surface area (Å²) in [6.07, 6.45) is -0.448. The Kier molecular flexibility index (Phi) is 3.68. The molecule has 2 aromatic carbocycles. The summed E-state index contributed by atoms with van der Waals surface area (Å²) >= 11 is 0. The largest absolute Gasteiger partial charge is 0.485 e. The van der Waals surface area contributed by atoms with Gasteiger partial charge in [-0.05, 0) is 35.2 Å². The van der Waals surface area contributed by atoms with E-state index < -0.39 is 6.10 Å². The van der Waals surface area contributed by atoms with Crippen molar-refractivity contribution in [1.82, 2.24) is 0 Å². The summed E-state index contributed by atoms with van der Waals surface area (Å²) in [7, 11) is 0. The monoisotopic (exact) mass is 286 g/mol. The third kappa shape index (κ3) is 2.79. The fourth-order valence-electron chi connectivity index (χ4n) is 2.72. The van der Waals surface area contributed by atoms with Crippen molar-refractivity contribution in [1.29, 1.82) is 0 Å². The summed E-state index contributed by atoms with van der Waals surface area (Å²) in [4.78, 5) is 0. The molecule has 3 rings (SSSR count). The second kappa shape index (κ2) is 5.49. The summed E-state index contributed by atoms with van der Waals surface area (Å²) in [6.45, 7) is 4.31. The third-order valence-electron chi connectivity index (χ3n) is 4.01. The summed E-state index contributed by atoms with van der Waals surface area (Å²) in [5.74, 6) is 0.699. The van der Waals surface area contributed by atoms with Crippen LogP contribution in [-0.4, -0.2) is 5.11 Å². The van der Waals surface area contributed by atoms with Gasteiger partial charge in [0.15, 0.2) is 0 Å². The van der Waals surface area contributed by atoms with Crippen LogP contribution in [0.25, 0.3) is 0 Å². The maximum absolute atomic E-state index is 13.2. The minimum atomic E-state index is -0.695. The van der Waals surface area contributed by atoms with Gasteiger partial charge < -0.3 is 9.84 Å². The smallest absolute Gasteiger partial charge is 0.127 e. The maximum Gasteiger partial charge on any atom is 0.127 e. The van der Waals surface area contributed by atoms with E-state index in [4.69, 9.17) is 4.74 Å². The fraction of sp³-hybridized carbons (Fsp3) is 0.333. The van der Waals surface area contributed by atoms with E-state index in [1.807, 2.05) is 12.1 Å². The van der Waals surface area contributed by atoms with Crippen LogP contribution >= 0.6 is 0 Å². The lowest BCUT2D eigenvalue weighted by molar-refractivity contribution is 0.0653. The molecule has 1 aliphatic heterocycles. The molecule has 1 N–H and O–H groups in total. The number of hydrogen-bond donors (Lipinski definition) is 1. The number of halogens is 1. The molecule has 0 saturated carbocycles. The van der Waals surface area contributed by atoms with Crippen molar-refractivity contribution in [3.05, 3.63) is 65.0 Å². The number of rotatable bonds is 2. The summed E-state index contributed by atoms with van der Waals surface area (Å²) in [6, 6.07) is 12.6. The lowest BCUT2D eigenvalue weighted by Gasteiger charge is -2.30. The third-order valence-corrected chi connectivity index (χ3v) is 4.01. The Morgan fingerprint density at radius 2 is 1.86 bits per heavy atom.